The zero-order valence-corrected chi connectivity index (χ0v) is 26.3. The van der Waals surface area contributed by atoms with Crippen molar-refractivity contribution in [2.45, 2.75) is 52.3 Å². The average Bonchev–Trinajstić information content (AvgIpc) is 3.51. The summed E-state index contributed by atoms with van der Waals surface area (Å²) in [5, 5.41) is 16.7. The minimum absolute atomic E-state index is 0.0783. The van der Waals surface area contributed by atoms with E-state index < -0.39 is 6.10 Å². The molecular formula is C33H38ClN7O3. The number of fused-ring (bicyclic) bond motifs is 2. The molecule has 230 valence electrons. The quantitative estimate of drug-likeness (QED) is 0.258. The van der Waals surface area contributed by atoms with Crippen molar-refractivity contribution < 1.29 is 14.7 Å². The third-order valence-electron chi connectivity index (χ3n) is 8.74. The fourth-order valence-corrected chi connectivity index (χ4v) is 6.73. The summed E-state index contributed by atoms with van der Waals surface area (Å²) >= 11 is 6.95. The molecule has 3 N–H and O–H groups in total. The van der Waals surface area contributed by atoms with Crippen LogP contribution in [0.15, 0.2) is 36.4 Å². The lowest BCUT2D eigenvalue weighted by molar-refractivity contribution is 0.0977. The summed E-state index contributed by atoms with van der Waals surface area (Å²) in [6.45, 7) is 7.26. The smallest absolute Gasteiger partial charge is 0.291 e. The Labute approximate surface area is 262 Å². The number of amides is 1. The van der Waals surface area contributed by atoms with Gasteiger partial charge in [-0.2, -0.15) is 0 Å². The zero-order chi connectivity index (χ0) is 31.1. The van der Waals surface area contributed by atoms with Gasteiger partial charge in [-0.05, 0) is 36.6 Å². The first-order valence-corrected chi connectivity index (χ1v) is 15.4. The number of aromatic nitrogens is 4. The van der Waals surface area contributed by atoms with Crippen LogP contribution in [0.2, 0.25) is 5.02 Å². The highest BCUT2D eigenvalue weighted by Crippen LogP contribution is 2.36. The van der Waals surface area contributed by atoms with Crippen LogP contribution in [-0.2, 0) is 46.4 Å². The predicted molar refractivity (Wildman–Crippen MR) is 170 cm³/mol. The first-order chi connectivity index (χ1) is 21.1. The summed E-state index contributed by atoms with van der Waals surface area (Å²) in [5.74, 6) is 0.435. The van der Waals surface area contributed by atoms with E-state index in [9.17, 15) is 14.7 Å². The number of aliphatic hydroxyl groups excluding tert-OH is 1. The van der Waals surface area contributed by atoms with Crippen molar-refractivity contribution in [3.05, 3.63) is 87.0 Å². The van der Waals surface area contributed by atoms with Crippen molar-refractivity contribution in [2.24, 2.45) is 14.1 Å². The summed E-state index contributed by atoms with van der Waals surface area (Å²) in [7, 11) is 3.77. The van der Waals surface area contributed by atoms with Gasteiger partial charge in [0.2, 0.25) is 5.78 Å². The molecule has 0 saturated carbocycles. The van der Waals surface area contributed by atoms with Gasteiger partial charge in [-0.1, -0.05) is 41.9 Å². The van der Waals surface area contributed by atoms with Gasteiger partial charge in [0.25, 0.3) is 5.91 Å². The number of Topliss-reactive ketones (excluding diaryl/α,β-unsaturated/α-hetero) is 1. The van der Waals surface area contributed by atoms with Gasteiger partial charge in [-0.3, -0.25) is 14.5 Å². The molecule has 10 nitrogen and oxygen atoms in total. The number of nitrogens with one attached hydrogen (secondary N) is 2. The standard InChI is InChI=1S/C33H38ClN7O3/c1-19(42)17-41-14-12-28-26(18-41)37-32(40(28)4)33(44)38-24-10-6-8-22(20(24)2)23-9-5-7-21(30(23)34)15-29(43)31-36-25-16-35-13-11-27(25)39(31)3/h5-10,19,35,42H,11-18H2,1-4H3,(H,38,44)/t19-/m0/s1. The number of imidazole rings is 2. The van der Waals surface area contributed by atoms with E-state index in [4.69, 9.17) is 11.6 Å². The number of ketones is 1. The van der Waals surface area contributed by atoms with E-state index in [0.29, 0.717) is 42.0 Å². The lowest BCUT2D eigenvalue weighted by Crippen LogP contribution is -2.36. The van der Waals surface area contributed by atoms with Crippen LogP contribution in [0.5, 0.6) is 0 Å². The second-order valence-corrected chi connectivity index (χ2v) is 12.2. The van der Waals surface area contributed by atoms with Crippen molar-refractivity contribution >= 4 is 29.0 Å². The molecule has 6 rings (SSSR count). The number of aliphatic hydroxyl groups is 1. The third-order valence-corrected chi connectivity index (χ3v) is 9.19. The molecule has 44 heavy (non-hydrogen) atoms. The maximum absolute atomic E-state index is 13.5. The number of hydrogen-bond acceptors (Lipinski definition) is 7. The highest BCUT2D eigenvalue weighted by molar-refractivity contribution is 6.34. The molecule has 2 aromatic carbocycles. The van der Waals surface area contributed by atoms with E-state index in [2.05, 4.69) is 25.5 Å². The van der Waals surface area contributed by atoms with Crippen molar-refractivity contribution in [3.63, 3.8) is 0 Å². The number of carbonyl (C=O) groups excluding carboxylic acids is 2. The summed E-state index contributed by atoms with van der Waals surface area (Å²) in [4.78, 5) is 38.3. The number of halogens is 1. The molecule has 0 unspecified atom stereocenters. The molecule has 1 amide bonds. The molecule has 0 spiro atoms. The largest absolute Gasteiger partial charge is 0.392 e. The first kappa shape index (κ1) is 30.2. The average molecular weight is 616 g/mol. The van der Waals surface area contributed by atoms with Gasteiger partial charge in [-0.25, -0.2) is 9.97 Å². The van der Waals surface area contributed by atoms with Crippen LogP contribution in [0.25, 0.3) is 11.1 Å². The van der Waals surface area contributed by atoms with E-state index >= 15 is 0 Å². The van der Waals surface area contributed by atoms with Crippen LogP contribution >= 0.6 is 11.6 Å². The number of nitrogens with zero attached hydrogens (tertiary/aromatic N) is 5. The number of anilines is 1. The molecule has 2 aliphatic heterocycles. The van der Waals surface area contributed by atoms with Gasteiger partial charge in [0, 0.05) is 88.7 Å². The third kappa shape index (κ3) is 5.70. The molecule has 0 saturated heterocycles. The minimum atomic E-state index is -0.420. The molecule has 0 fully saturated rings. The van der Waals surface area contributed by atoms with Gasteiger partial charge >= 0.3 is 0 Å². The molecule has 4 aromatic rings. The zero-order valence-electron chi connectivity index (χ0n) is 25.6. The molecule has 0 radical (unpaired) electrons. The van der Waals surface area contributed by atoms with Gasteiger partial charge in [0.15, 0.2) is 11.6 Å². The van der Waals surface area contributed by atoms with Crippen LogP contribution in [0, 0.1) is 6.92 Å². The second kappa shape index (κ2) is 12.3. The summed E-state index contributed by atoms with van der Waals surface area (Å²) in [5.41, 5.74) is 7.86. The van der Waals surface area contributed by atoms with E-state index in [1.807, 2.05) is 66.6 Å². The SMILES string of the molecule is Cc1c(NC(=O)c2nc3c(n2C)CCN(C[C@H](C)O)C3)cccc1-c1cccc(CC(=O)c2nc3c(n2C)CCNC3)c1Cl. The Balaban J connectivity index is 1.22. The molecule has 1 atom stereocenters. The normalized spacial score (nSPS) is 15.5. The Morgan fingerprint density at radius 3 is 2.50 bits per heavy atom. The first-order valence-electron chi connectivity index (χ1n) is 15.0. The lowest BCUT2D eigenvalue weighted by Gasteiger charge is -2.27. The summed E-state index contributed by atoms with van der Waals surface area (Å²) in [6, 6.07) is 11.4. The van der Waals surface area contributed by atoms with Gasteiger partial charge in [-0.15, -0.1) is 0 Å². The number of benzene rings is 2. The minimum Gasteiger partial charge on any atom is -0.392 e. The van der Waals surface area contributed by atoms with E-state index in [0.717, 1.165) is 71.0 Å². The summed E-state index contributed by atoms with van der Waals surface area (Å²) < 4.78 is 3.78. The van der Waals surface area contributed by atoms with E-state index in [-0.39, 0.29) is 18.1 Å². The number of β-amino-alcohol motifs (C(OH)–C–C–N with tert-alkyl or cyclic N) is 1. The second-order valence-electron chi connectivity index (χ2n) is 11.8. The van der Waals surface area contributed by atoms with E-state index in [1.54, 1.807) is 6.92 Å². The van der Waals surface area contributed by atoms with Crippen LogP contribution in [0.3, 0.4) is 0 Å². The van der Waals surface area contributed by atoms with Crippen LogP contribution in [-0.4, -0.2) is 66.5 Å². The maximum atomic E-state index is 13.5. The Morgan fingerprint density at radius 1 is 1.02 bits per heavy atom. The van der Waals surface area contributed by atoms with Gasteiger partial charge < -0.3 is 24.9 Å². The Hall–Kier alpha value is -3.83. The number of carbonyl (C=O) groups is 2. The van der Waals surface area contributed by atoms with Crippen molar-refractivity contribution in [1.29, 1.82) is 0 Å². The van der Waals surface area contributed by atoms with Crippen molar-refractivity contribution in [3.8, 4) is 11.1 Å². The van der Waals surface area contributed by atoms with Crippen LogP contribution in [0.1, 0.15) is 62.1 Å². The molecule has 2 aromatic heterocycles. The topological polar surface area (TPSA) is 117 Å². The molecule has 4 heterocycles. The predicted octanol–water partition coefficient (Wildman–Crippen LogP) is 3.84. The monoisotopic (exact) mass is 615 g/mol. The Morgan fingerprint density at radius 2 is 1.73 bits per heavy atom. The maximum Gasteiger partial charge on any atom is 0.291 e. The number of rotatable bonds is 8. The highest BCUT2D eigenvalue weighted by Gasteiger charge is 2.27. The molecular weight excluding hydrogens is 578 g/mol. The Bertz CT molecular complexity index is 1760. The van der Waals surface area contributed by atoms with Crippen LogP contribution < -0.4 is 10.6 Å². The van der Waals surface area contributed by atoms with Gasteiger partial charge in [0.05, 0.1) is 22.5 Å². The lowest BCUT2D eigenvalue weighted by atomic mass is 9.96. The van der Waals surface area contributed by atoms with E-state index in [1.165, 1.54) is 0 Å². The fourth-order valence-electron chi connectivity index (χ4n) is 6.44. The number of hydrogen-bond donors (Lipinski definition) is 3. The van der Waals surface area contributed by atoms with Crippen molar-refractivity contribution in [1.82, 2.24) is 29.3 Å². The van der Waals surface area contributed by atoms with Crippen molar-refractivity contribution in [2.75, 3.05) is 25.0 Å². The van der Waals surface area contributed by atoms with Crippen LogP contribution in [0.4, 0.5) is 5.69 Å². The molecule has 0 bridgehead atoms. The summed E-state index contributed by atoms with van der Waals surface area (Å²) in [6.07, 6.45) is 1.33. The molecule has 2 aliphatic rings. The van der Waals surface area contributed by atoms with Gasteiger partial charge in [0.1, 0.15) is 0 Å². The highest BCUT2D eigenvalue weighted by atomic mass is 35.5. The fraction of sp³-hybridized carbons (Fsp3) is 0.394. The molecule has 0 aliphatic carbocycles. The Kier molecular flexibility index (Phi) is 8.43. The molecule has 11 heteroatoms.